The molecule has 7 heteroatoms. The van der Waals surface area contributed by atoms with Gasteiger partial charge in [-0.2, -0.15) is 4.98 Å². The largest absolute Gasteiger partial charge is 0.472 e. The van der Waals surface area contributed by atoms with Crippen molar-refractivity contribution >= 4 is 17.7 Å². The normalized spacial score (nSPS) is 18.5. The van der Waals surface area contributed by atoms with Crippen LogP contribution in [-0.4, -0.2) is 60.0 Å². The zero-order valence-corrected chi connectivity index (χ0v) is 15.9. The number of nitrogens with zero attached hydrogens (tertiary/aromatic N) is 5. The molecule has 27 heavy (non-hydrogen) atoms. The summed E-state index contributed by atoms with van der Waals surface area (Å²) in [7, 11) is 0. The summed E-state index contributed by atoms with van der Waals surface area (Å²) in [5.41, 5.74) is 1.62. The Bertz CT molecular complexity index is 771. The highest BCUT2D eigenvalue weighted by molar-refractivity contribution is 5.93. The first kappa shape index (κ1) is 17.8. The number of carbonyl (C=O) groups is 1. The van der Waals surface area contributed by atoms with Crippen molar-refractivity contribution in [3.8, 4) is 0 Å². The molecular weight excluding hydrogens is 342 g/mol. The highest BCUT2D eigenvalue weighted by Gasteiger charge is 2.23. The van der Waals surface area contributed by atoms with E-state index in [2.05, 4.69) is 20.9 Å². The van der Waals surface area contributed by atoms with E-state index in [1.807, 2.05) is 11.8 Å². The van der Waals surface area contributed by atoms with Gasteiger partial charge >= 0.3 is 0 Å². The molecule has 0 unspecified atom stereocenters. The molecule has 0 atom stereocenters. The SMILES string of the molecule is Cc1cc(N2CCCN(C(=O)c3ccoc3)CC2)nc(N2CCCCC2)n1. The second-order valence-electron chi connectivity index (χ2n) is 7.36. The monoisotopic (exact) mass is 369 g/mol. The minimum Gasteiger partial charge on any atom is -0.472 e. The number of hydrogen-bond acceptors (Lipinski definition) is 6. The van der Waals surface area contributed by atoms with Gasteiger partial charge in [-0.3, -0.25) is 4.79 Å². The molecule has 2 aliphatic heterocycles. The predicted molar refractivity (Wildman–Crippen MR) is 104 cm³/mol. The van der Waals surface area contributed by atoms with Crippen LogP contribution in [0.25, 0.3) is 0 Å². The maximum atomic E-state index is 12.6. The molecule has 7 nitrogen and oxygen atoms in total. The van der Waals surface area contributed by atoms with Crippen LogP contribution in [0.5, 0.6) is 0 Å². The zero-order valence-electron chi connectivity index (χ0n) is 15.9. The molecule has 0 N–H and O–H groups in total. The van der Waals surface area contributed by atoms with Crippen molar-refractivity contribution < 1.29 is 9.21 Å². The first-order valence-electron chi connectivity index (χ1n) is 9.88. The molecular formula is C20H27N5O2. The minimum absolute atomic E-state index is 0.0403. The molecule has 0 radical (unpaired) electrons. The number of furan rings is 1. The summed E-state index contributed by atoms with van der Waals surface area (Å²) in [6.45, 7) is 7.22. The van der Waals surface area contributed by atoms with Gasteiger partial charge in [0.15, 0.2) is 0 Å². The van der Waals surface area contributed by atoms with Crippen molar-refractivity contribution in [3.63, 3.8) is 0 Å². The number of anilines is 2. The molecule has 4 rings (SSSR count). The van der Waals surface area contributed by atoms with Gasteiger partial charge in [-0.15, -0.1) is 0 Å². The van der Waals surface area contributed by atoms with Gasteiger partial charge in [-0.1, -0.05) is 0 Å². The smallest absolute Gasteiger partial charge is 0.257 e. The third-order valence-electron chi connectivity index (χ3n) is 5.34. The number of aromatic nitrogens is 2. The fourth-order valence-electron chi connectivity index (χ4n) is 3.85. The Labute approximate surface area is 160 Å². The molecule has 0 aliphatic carbocycles. The first-order valence-corrected chi connectivity index (χ1v) is 9.88. The Morgan fingerprint density at radius 1 is 0.963 bits per heavy atom. The van der Waals surface area contributed by atoms with Crippen LogP contribution >= 0.6 is 0 Å². The molecule has 1 amide bonds. The van der Waals surface area contributed by atoms with E-state index in [1.54, 1.807) is 12.3 Å². The lowest BCUT2D eigenvalue weighted by molar-refractivity contribution is 0.0766. The topological polar surface area (TPSA) is 65.7 Å². The lowest BCUT2D eigenvalue weighted by Gasteiger charge is -2.29. The van der Waals surface area contributed by atoms with Crippen LogP contribution in [0.3, 0.4) is 0 Å². The summed E-state index contributed by atoms with van der Waals surface area (Å²) >= 11 is 0. The van der Waals surface area contributed by atoms with E-state index >= 15 is 0 Å². The van der Waals surface area contributed by atoms with Crippen LogP contribution in [0.4, 0.5) is 11.8 Å². The van der Waals surface area contributed by atoms with Crippen molar-refractivity contribution in [1.82, 2.24) is 14.9 Å². The predicted octanol–water partition coefficient (Wildman–Crippen LogP) is 2.72. The third kappa shape index (κ3) is 4.07. The molecule has 2 aromatic rings. The third-order valence-corrected chi connectivity index (χ3v) is 5.34. The van der Waals surface area contributed by atoms with Crippen LogP contribution in [0.2, 0.25) is 0 Å². The average Bonchev–Trinajstić information content (AvgIpc) is 3.12. The van der Waals surface area contributed by atoms with Crippen LogP contribution < -0.4 is 9.80 Å². The maximum Gasteiger partial charge on any atom is 0.257 e. The van der Waals surface area contributed by atoms with E-state index in [4.69, 9.17) is 9.40 Å². The molecule has 2 aromatic heterocycles. The fourth-order valence-corrected chi connectivity index (χ4v) is 3.85. The van der Waals surface area contributed by atoms with Crippen molar-refractivity contribution in [1.29, 1.82) is 0 Å². The van der Waals surface area contributed by atoms with E-state index in [1.165, 1.54) is 25.5 Å². The number of rotatable bonds is 3. The van der Waals surface area contributed by atoms with Crippen molar-refractivity contribution in [3.05, 3.63) is 35.9 Å². The summed E-state index contributed by atoms with van der Waals surface area (Å²) in [6.07, 6.45) is 7.70. The van der Waals surface area contributed by atoms with E-state index in [0.29, 0.717) is 12.1 Å². The van der Waals surface area contributed by atoms with Crippen LogP contribution in [0.1, 0.15) is 41.7 Å². The molecule has 0 aromatic carbocycles. The molecule has 144 valence electrons. The fraction of sp³-hybridized carbons (Fsp3) is 0.550. The average molecular weight is 369 g/mol. The number of hydrogen-bond donors (Lipinski definition) is 0. The van der Waals surface area contributed by atoms with Gasteiger partial charge < -0.3 is 19.1 Å². The Morgan fingerprint density at radius 2 is 1.78 bits per heavy atom. The van der Waals surface area contributed by atoms with Gasteiger partial charge in [-0.05, 0) is 38.7 Å². The molecule has 0 saturated carbocycles. The minimum atomic E-state index is 0.0403. The van der Waals surface area contributed by atoms with E-state index in [0.717, 1.165) is 56.6 Å². The van der Waals surface area contributed by atoms with Gasteiger partial charge in [0.1, 0.15) is 12.1 Å². The second kappa shape index (κ2) is 7.98. The van der Waals surface area contributed by atoms with Crippen molar-refractivity contribution in [2.75, 3.05) is 49.1 Å². The lowest BCUT2D eigenvalue weighted by atomic mass is 10.1. The van der Waals surface area contributed by atoms with Crippen molar-refractivity contribution in [2.45, 2.75) is 32.6 Å². The quantitative estimate of drug-likeness (QED) is 0.829. The summed E-state index contributed by atoms with van der Waals surface area (Å²) in [6, 6.07) is 3.78. The van der Waals surface area contributed by atoms with Crippen molar-refractivity contribution in [2.24, 2.45) is 0 Å². The highest BCUT2D eigenvalue weighted by atomic mass is 16.3. The number of amides is 1. The van der Waals surface area contributed by atoms with Crippen LogP contribution in [0, 0.1) is 6.92 Å². The van der Waals surface area contributed by atoms with E-state index < -0.39 is 0 Å². The molecule has 0 spiro atoms. The Kier molecular flexibility index (Phi) is 5.27. The summed E-state index contributed by atoms with van der Waals surface area (Å²) in [4.78, 5) is 28.6. The second-order valence-corrected chi connectivity index (χ2v) is 7.36. The van der Waals surface area contributed by atoms with E-state index in [9.17, 15) is 4.79 Å². The van der Waals surface area contributed by atoms with Gasteiger partial charge in [0, 0.05) is 51.0 Å². The lowest BCUT2D eigenvalue weighted by Crippen LogP contribution is -2.35. The highest BCUT2D eigenvalue weighted by Crippen LogP contribution is 2.22. The Hall–Kier alpha value is -2.57. The van der Waals surface area contributed by atoms with Gasteiger partial charge in [-0.25, -0.2) is 4.98 Å². The first-order chi connectivity index (χ1) is 13.2. The number of aryl methyl sites for hydroxylation is 1. The standard InChI is InChI=1S/C20H27N5O2/c1-16-14-18(22-20(21-16)25-7-3-2-4-8-25)23-9-5-10-24(12-11-23)19(26)17-6-13-27-15-17/h6,13-15H,2-5,7-12H2,1H3. The Balaban J connectivity index is 1.47. The molecule has 0 bridgehead atoms. The van der Waals surface area contributed by atoms with Gasteiger partial charge in [0.05, 0.1) is 11.8 Å². The number of piperidine rings is 1. The van der Waals surface area contributed by atoms with Gasteiger partial charge in [0.2, 0.25) is 5.95 Å². The Morgan fingerprint density at radius 3 is 2.56 bits per heavy atom. The molecule has 2 saturated heterocycles. The molecule has 2 aliphatic rings. The maximum absolute atomic E-state index is 12.6. The summed E-state index contributed by atoms with van der Waals surface area (Å²) in [5.74, 6) is 1.86. The summed E-state index contributed by atoms with van der Waals surface area (Å²) in [5, 5.41) is 0. The van der Waals surface area contributed by atoms with Crippen LogP contribution in [-0.2, 0) is 0 Å². The van der Waals surface area contributed by atoms with Gasteiger partial charge in [0.25, 0.3) is 5.91 Å². The van der Waals surface area contributed by atoms with Crippen LogP contribution in [0.15, 0.2) is 29.1 Å². The number of carbonyl (C=O) groups excluding carboxylic acids is 1. The molecule has 2 fully saturated rings. The molecule has 4 heterocycles. The zero-order chi connectivity index (χ0) is 18.6. The van der Waals surface area contributed by atoms with E-state index in [-0.39, 0.29) is 5.91 Å². The summed E-state index contributed by atoms with van der Waals surface area (Å²) < 4.78 is 5.05.